The number of rotatable bonds is 8. The van der Waals surface area contributed by atoms with Crippen molar-refractivity contribution in [2.24, 2.45) is 0 Å². The molecule has 4 rings (SSSR count). The minimum Gasteiger partial charge on any atom is -0.484 e. The molecule has 1 fully saturated rings. The van der Waals surface area contributed by atoms with Gasteiger partial charge < -0.3 is 14.3 Å². The first-order valence-electron chi connectivity index (χ1n) is 10.3. The van der Waals surface area contributed by atoms with Gasteiger partial charge in [-0.05, 0) is 30.2 Å². The summed E-state index contributed by atoms with van der Waals surface area (Å²) in [7, 11) is 0. The fourth-order valence-corrected chi connectivity index (χ4v) is 4.88. The Morgan fingerprint density at radius 1 is 1.23 bits per heavy atom. The number of hydrogen-bond acceptors (Lipinski definition) is 6. The Balaban J connectivity index is 1.46. The van der Waals surface area contributed by atoms with E-state index in [1.165, 1.54) is 6.39 Å². The number of benzene rings is 2. The van der Waals surface area contributed by atoms with Crippen molar-refractivity contribution in [3.8, 4) is 5.75 Å². The van der Waals surface area contributed by atoms with Gasteiger partial charge in [0.05, 0.1) is 0 Å². The number of oxazole rings is 1. The lowest BCUT2D eigenvalue weighted by Gasteiger charge is -2.32. The standard InChI is InChI=1S/C24H26N2O4S/c1-17-23(25-16-29-17)22(13-18-5-3-2-4-6-18)30-20-9-7-19(8-10-20)14-26-11-12-31-15-21(26)24(27)28/h2-10,16,21-22H,11-15H2,1H3,(H,27,28). The summed E-state index contributed by atoms with van der Waals surface area (Å²) in [5.74, 6) is 2.34. The van der Waals surface area contributed by atoms with Gasteiger partial charge in [0.2, 0.25) is 0 Å². The third kappa shape index (κ3) is 5.48. The molecule has 0 radical (unpaired) electrons. The van der Waals surface area contributed by atoms with Crippen LogP contribution in [0.1, 0.15) is 28.7 Å². The second kappa shape index (κ2) is 10.0. The van der Waals surface area contributed by atoms with E-state index in [9.17, 15) is 9.90 Å². The van der Waals surface area contributed by atoms with Crippen LogP contribution in [0.3, 0.4) is 0 Å². The molecule has 0 amide bonds. The molecule has 2 heterocycles. The SMILES string of the molecule is Cc1ocnc1C(Cc1ccccc1)Oc1ccc(CN2CCSCC2C(=O)O)cc1. The van der Waals surface area contributed by atoms with Crippen molar-refractivity contribution in [1.82, 2.24) is 9.88 Å². The highest BCUT2D eigenvalue weighted by Crippen LogP contribution is 2.28. The third-order valence-corrected chi connectivity index (χ3v) is 6.49. The second-order valence-corrected chi connectivity index (χ2v) is 8.78. The van der Waals surface area contributed by atoms with Crippen molar-refractivity contribution in [3.05, 3.63) is 83.6 Å². The summed E-state index contributed by atoms with van der Waals surface area (Å²) in [6, 6.07) is 17.6. The van der Waals surface area contributed by atoms with E-state index in [0.29, 0.717) is 18.7 Å². The highest BCUT2D eigenvalue weighted by atomic mass is 32.2. The molecular weight excluding hydrogens is 412 g/mol. The fraction of sp³-hybridized carbons (Fsp3) is 0.333. The predicted molar refractivity (Wildman–Crippen MR) is 120 cm³/mol. The predicted octanol–water partition coefficient (Wildman–Crippen LogP) is 4.35. The van der Waals surface area contributed by atoms with Crippen LogP contribution in [-0.4, -0.2) is 45.1 Å². The van der Waals surface area contributed by atoms with Crippen LogP contribution in [0.5, 0.6) is 5.75 Å². The van der Waals surface area contributed by atoms with Crippen LogP contribution in [0, 0.1) is 6.92 Å². The number of nitrogens with zero attached hydrogens (tertiary/aromatic N) is 2. The van der Waals surface area contributed by atoms with E-state index in [1.807, 2.05) is 54.3 Å². The van der Waals surface area contributed by atoms with Crippen LogP contribution >= 0.6 is 11.8 Å². The van der Waals surface area contributed by atoms with E-state index in [1.54, 1.807) is 11.8 Å². The number of hydrogen-bond donors (Lipinski definition) is 1. The quantitative estimate of drug-likeness (QED) is 0.560. The van der Waals surface area contributed by atoms with Crippen LogP contribution in [-0.2, 0) is 17.8 Å². The van der Waals surface area contributed by atoms with Gasteiger partial charge in [-0.1, -0.05) is 42.5 Å². The lowest BCUT2D eigenvalue weighted by molar-refractivity contribution is -0.142. The van der Waals surface area contributed by atoms with Gasteiger partial charge in [-0.3, -0.25) is 9.69 Å². The molecule has 1 aliphatic heterocycles. The van der Waals surface area contributed by atoms with Crippen LogP contribution < -0.4 is 4.74 Å². The summed E-state index contributed by atoms with van der Waals surface area (Å²) in [6.45, 7) is 3.29. The Morgan fingerprint density at radius 3 is 2.68 bits per heavy atom. The second-order valence-electron chi connectivity index (χ2n) is 7.63. The largest absolute Gasteiger partial charge is 0.484 e. The van der Waals surface area contributed by atoms with Crippen LogP contribution in [0.25, 0.3) is 0 Å². The maximum atomic E-state index is 11.5. The molecule has 162 valence electrons. The molecule has 1 aliphatic rings. The first-order valence-corrected chi connectivity index (χ1v) is 11.5. The minimum atomic E-state index is -0.751. The summed E-state index contributed by atoms with van der Waals surface area (Å²) in [5, 5.41) is 9.48. The first kappa shape index (κ1) is 21.5. The molecule has 31 heavy (non-hydrogen) atoms. The van der Waals surface area contributed by atoms with Gasteiger partial charge in [0.25, 0.3) is 0 Å². The van der Waals surface area contributed by atoms with Crippen molar-refractivity contribution in [3.63, 3.8) is 0 Å². The lowest BCUT2D eigenvalue weighted by atomic mass is 10.0. The number of aromatic nitrogens is 1. The Kier molecular flexibility index (Phi) is 6.94. The number of thioether (sulfide) groups is 1. The molecule has 2 atom stereocenters. The summed E-state index contributed by atoms with van der Waals surface area (Å²) < 4.78 is 11.7. The van der Waals surface area contributed by atoms with E-state index < -0.39 is 12.0 Å². The average Bonchev–Trinajstić information content (AvgIpc) is 3.21. The molecule has 0 bridgehead atoms. The van der Waals surface area contributed by atoms with Crippen LogP contribution in [0.2, 0.25) is 0 Å². The monoisotopic (exact) mass is 438 g/mol. The van der Waals surface area contributed by atoms with Crippen molar-refractivity contribution in [2.45, 2.75) is 32.0 Å². The summed E-state index contributed by atoms with van der Waals surface area (Å²) in [5.41, 5.74) is 3.03. The highest BCUT2D eigenvalue weighted by Gasteiger charge is 2.28. The van der Waals surface area contributed by atoms with Gasteiger partial charge in [-0.25, -0.2) is 4.98 Å². The van der Waals surface area contributed by atoms with Crippen molar-refractivity contribution >= 4 is 17.7 Å². The zero-order valence-electron chi connectivity index (χ0n) is 17.4. The van der Waals surface area contributed by atoms with Gasteiger partial charge >= 0.3 is 5.97 Å². The molecule has 0 saturated carbocycles. The maximum Gasteiger partial charge on any atom is 0.321 e. The van der Waals surface area contributed by atoms with E-state index in [4.69, 9.17) is 9.15 Å². The van der Waals surface area contributed by atoms with Crippen LogP contribution in [0.15, 0.2) is 65.4 Å². The Bertz CT molecular complexity index is 990. The number of aliphatic carboxylic acids is 1. The number of carboxylic acids is 1. The van der Waals surface area contributed by atoms with Crippen molar-refractivity contribution in [2.75, 3.05) is 18.1 Å². The molecule has 1 N–H and O–H groups in total. The molecule has 1 saturated heterocycles. The molecule has 2 aromatic carbocycles. The van der Waals surface area contributed by atoms with E-state index in [0.717, 1.165) is 40.6 Å². The van der Waals surface area contributed by atoms with E-state index in [-0.39, 0.29) is 6.10 Å². The third-order valence-electron chi connectivity index (χ3n) is 5.46. The van der Waals surface area contributed by atoms with Gasteiger partial charge in [0, 0.05) is 31.0 Å². The number of carboxylic acid groups (broad SMARTS) is 1. The fourth-order valence-electron chi connectivity index (χ4n) is 3.77. The number of carbonyl (C=O) groups is 1. The lowest BCUT2D eigenvalue weighted by Crippen LogP contribution is -2.46. The minimum absolute atomic E-state index is 0.262. The molecule has 6 nitrogen and oxygen atoms in total. The molecule has 7 heteroatoms. The maximum absolute atomic E-state index is 11.5. The van der Waals surface area contributed by atoms with Gasteiger partial charge in [-0.2, -0.15) is 11.8 Å². The summed E-state index contributed by atoms with van der Waals surface area (Å²) in [4.78, 5) is 17.9. The van der Waals surface area contributed by atoms with Crippen molar-refractivity contribution < 1.29 is 19.1 Å². The molecule has 0 aliphatic carbocycles. The van der Waals surface area contributed by atoms with Gasteiger partial charge in [0.15, 0.2) is 6.39 Å². The summed E-state index contributed by atoms with van der Waals surface area (Å²) >= 11 is 1.70. The zero-order valence-corrected chi connectivity index (χ0v) is 18.3. The van der Waals surface area contributed by atoms with Gasteiger partial charge in [0.1, 0.15) is 29.3 Å². The Hall–Kier alpha value is -2.77. The van der Waals surface area contributed by atoms with Crippen LogP contribution in [0.4, 0.5) is 0 Å². The average molecular weight is 439 g/mol. The Morgan fingerprint density at radius 2 is 2.00 bits per heavy atom. The molecule has 2 unspecified atom stereocenters. The first-order chi connectivity index (χ1) is 15.1. The zero-order chi connectivity index (χ0) is 21.6. The van der Waals surface area contributed by atoms with Crippen molar-refractivity contribution in [1.29, 1.82) is 0 Å². The molecular formula is C24H26N2O4S. The Labute approximate surface area is 186 Å². The van der Waals surface area contributed by atoms with Gasteiger partial charge in [-0.15, -0.1) is 0 Å². The topological polar surface area (TPSA) is 75.8 Å². The van der Waals surface area contributed by atoms with E-state index in [2.05, 4.69) is 17.1 Å². The normalized spacial score (nSPS) is 17.9. The summed E-state index contributed by atoms with van der Waals surface area (Å²) in [6.07, 6.45) is 1.87. The number of ether oxygens (including phenoxy) is 1. The smallest absolute Gasteiger partial charge is 0.321 e. The highest BCUT2D eigenvalue weighted by molar-refractivity contribution is 7.99. The molecule has 3 aromatic rings. The van der Waals surface area contributed by atoms with E-state index >= 15 is 0 Å². The number of aryl methyl sites for hydroxylation is 1. The molecule has 0 spiro atoms. The molecule has 1 aromatic heterocycles.